The fraction of sp³-hybridized carbons (Fsp3) is 0.120. The van der Waals surface area contributed by atoms with Crippen LogP contribution in [-0.4, -0.2) is 25.2 Å². The summed E-state index contributed by atoms with van der Waals surface area (Å²) < 4.78 is 2.96. The van der Waals surface area contributed by atoms with E-state index in [4.69, 9.17) is 0 Å². The molecule has 0 fully saturated rings. The second kappa shape index (κ2) is 7.77. The van der Waals surface area contributed by atoms with E-state index < -0.39 is 0 Å². The summed E-state index contributed by atoms with van der Waals surface area (Å²) in [6.07, 6.45) is 2.90. The van der Waals surface area contributed by atoms with Crippen LogP contribution in [0.15, 0.2) is 78.0 Å². The van der Waals surface area contributed by atoms with Crippen molar-refractivity contribution in [3.05, 3.63) is 94.7 Å². The van der Waals surface area contributed by atoms with Crippen molar-refractivity contribution in [3.8, 4) is 5.69 Å². The summed E-state index contributed by atoms with van der Waals surface area (Å²) in [5.74, 6) is -0.300. The molecule has 2 aromatic heterocycles. The van der Waals surface area contributed by atoms with Gasteiger partial charge in [0.25, 0.3) is 5.56 Å². The number of hydrogen-bond donors (Lipinski definition) is 1. The molecule has 0 unspecified atom stereocenters. The number of benzene rings is 3. The minimum absolute atomic E-state index is 0.139. The fourth-order valence-electron chi connectivity index (χ4n) is 3.96. The first-order valence-electron chi connectivity index (χ1n) is 10.3. The van der Waals surface area contributed by atoms with Gasteiger partial charge in [0.1, 0.15) is 18.3 Å². The molecule has 1 amide bonds. The fourth-order valence-corrected chi connectivity index (χ4v) is 3.96. The highest BCUT2D eigenvalue weighted by molar-refractivity contribution is 6.02. The van der Waals surface area contributed by atoms with Crippen LogP contribution in [0.1, 0.15) is 11.1 Å². The molecule has 0 aliphatic rings. The van der Waals surface area contributed by atoms with Gasteiger partial charge in [-0.05, 0) is 36.9 Å². The van der Waals surface area contributed by atoms with E-state index in [1.807, 2.05) is 68.4 Å². The zero-order valence-electron chi connectivity index (χ0n) is 17.7. The van der Waals surface area contributed by atoms with Crippen LogP contribution in [0.3, 0.4) is 0 Å². The topological polar surface area (TPSA) is 81.8 Å². The number of hydrogen-bond acceptors (Lipinski definition) is 4. The predicted molar refractivity (Wildman–Crippen MR) is 125 cm³/mol. The SMILES string of the molecule is Cc1ccc(-n2ncc3c(=O)n(CC(=O)Nc4cccc5ccccc45)cnc32)c(C)c1. The van der Waals surface area contributed by atoms with Crippen molar-refractivity contribution in [3.63, 3.8) is 0 Å². The van der Waals surface area contributed by atoms with Gasteiger partial charge >= 0.3 is 0 Å². The molecule has 0 aliphatic heterocycles. The largest absolute Gasteiger partial charge is 0.324 e. The molecule has 32 heavy (non-hydrogen) atoms. The molecule has 0 atom stereocenters. The molecule has 158 valence electrons. The highest BCUT2D eigenvalue weighted by atomic mass is 16.2. The molecular weight excluding hydrogens is 402 g/mol. The standard InChI is InChI=1S/C25H21N5O2/c1-16-10-11-22(17(2)12-16)30-24-20(13-27-30)25(32)29(15-26-24)14-23(31)28-21-9-5-7-18-6-3-4-8-19(18)21/h3-13,15H,14H2,1-2H3,(H,28,31). The lowest BCUT2D eigenvalue weighted by Gasteiger charge is -2.10. The second-order valence-electron chi connectivity index (χ2n) is 7.84. The van der Waals surface area contributed by atoms with E-state index in [1.165, 1.54) is 17.1 Å². The highest BCUT2D eigenvalue weighted by Crippen LogP contribution is 2.23. The smallest absolute Gasteiger partial charge is 0.264 e. The van der Waals surface area contributed by atoms with Crippen LogP contribution in [0.5, 0.6) is 0 Å². The predicted octanol–water partition coefficient (Wildman–Crippen LogP) is 3.99. The molecule has 1 N–H and O–H groups in total. The molecule has 0 saturated heterocycles. The summed E-state index contributed by atoms with van der Waals surface area (Å²) in [5, 5.41) is 9.63. The number of anilines is 1. The zero-order valence-corrected chi connectivity index (χ0v) is 17.7. The maximum Gasteiger partial charge on any atom is 0.264 e. The third-order valence-electron chi connectivity index (χ3n) is 5.51. The average molecular weight is 423 g/mol. The Morgan fingerprint density at radius 3 is 2.66 bits per heavy atom. The van der Waals surface area contributed by atoms with Gasteiger partial charge in [-0.25, -0.2) is 9.67 Å². The average Bonchev–Trinajstić information content (AvgIpc) is 3.20. The lowest BCUT2D eigenvalue weighted by Crippen LogP contribution is -2.27. The van der Waals surface area contributed by atoms with Crippen molar-refractivity contribution < 1.29 is 4.79 Å². The monoisotopic (exact) mass is 423 g/mol. The molecule has 0 spiro atoms. The zero-order chi connectivity index (χ0) is 22.2. The number of rotatable bonds is 4. The third kappa shape index (κ3) is 3.43. The van der Waals surface area contributed by atoms with E-state index in [0.717, 1.165) is 27.6 Å². The number of nitrogens with zero attached hydrogens (tertiary/aromatic N) is 4. The van der Waals surface area contributed by atoms with Gasteiger partial charge in [-0.15, -0.1) is 0 Å². The minimum atomic E-state index is -0.306. The van der Waals surface area contributed by atoms with Crippen LogP contribution in [0.25, 0.3) is 27.5 Å². The van der Waals surface area contributed by atoms with Crippen LogP contribution in [0.2, 0.25) is 0 Å². The minimum Gasteiger partial charge on any atom is -0.324 e. The first kappa shape index (κ1) is 19.7. The number of nitrogens with one attached hydrogen (secondary N) is 1. The molecule has 5 aromatic rings. The van der Waals surface area contributed by atoms with Gasteiger partial charge in [-0.2, -0.15) is 5.10 Å². The lowest BCUT2D eigenvalue weighted by atomic mass is 10.1. The van der Waals surface area contributed by atoms with Gasteiger partial charge in [-0.1, -0.05) is 54.1 Å². The molecule has 3 aromatic carbocycles. The Kier molecular flexibility index (Phi) is 4.78. The Hall–Kier alpha value is -4.26. The van der Waals surface area contributed by atoms with Gasteiger partial charge in [0.15, 0.2) is 5.65 Å². The maximum atomic E-state index is 13.0. The summed E-state index contributed by atoms with van der Waals surface area (Å²) in [7, 11) is 0. The molecule has 0 aliphatic carbocycles. The highest BCUT2D eigenvalue weighted by Gasteiger charge is 2.15. The Balaban J connectivity index is 1.44. The summed E-state index contributed by atoms with van der Waals surface area (Å²) in [5.41, 5.74) is 3.92. The molecule has 2 heterocycles. The Morgan fingerprint density at radius 2 is 1.81 bits per heavy atom. The van der Waals surface area contributed by atoms with Gasteiger partial charge in [0.05, 0.1) is 11.9 Å². The molecule has 0 saturated carbocycles. The quantitative estimate of drug-likeness (QED) is 0.474. The number of fused-ring (bicyclic) bond motifs is 2. The molecule has 5 rings (SSSR count). The Morgan fingerprint density at radius 1 is 1.00 bits per heavy atom. The molecular formula is C25H21N5O2. The van der Waals surface area contributed by atoms with Crippen LogP contribution >= 0.6 is 0 Å². The number of aromatic nitrogens is 4. The van der Waals surface area contributed by atoms with E-state index in [0.29, 0.717) is 16.7 Å². The van der Waals surface area contributed by atoms with E-state index in [9.17, 15) is 9.59 Å². The Bertz CT molecular complexity index is 1540. The molecule has 7 heteroatoms. The first-order chi connectivity index (χ1) is 15.5. The van der Waals surface area contributed by atoms with Crippen LogP contribution < -0.4 is 10.9 Å². The Labute approximate surface area is 183 Å². The second-order valence-corrected chi connectivity index (χ2v) is 7.84. The normalized spacial score (nSPS) is 11.2. The van der Waals surface area contributed by atoms with E-state index in [1.54, 1.807) is 4.68 Å². The summed E-state index contributed by atoms with van der Waals surface area (Å²) >= 11 is 0. The van der Waals surface area contributed by atoms with E-state index >= 15 is 0 Å². The van der Waals surface area contributed by atoms with Crippen molar-refractivity contribution in [1.82, 2.24) is 19.3 Å². The van der Waals surface area contributed by atoms with Crippen LogP contribution in [0.4, 0.5) is 5.69 Å². The number of aryl methyl sites for hydroxylation is 2. The summed E-state index contributed by atoms with van der Waals surface area (Å²) in [4.78, 5) is 30.1. The molecule has 0 radical (unpaired) electrons. The molecule has 7 nitrogen and oxygen atoms in total. The van der Waals surface area contributed by atoms with E-state index in [-0.39, 0.29) is 18.0 Å². The maximum absolute atomic E-state index is 13.0. The number of amides is 1. The summed E-state index contributed by atoms with van der Waals surface area (Å²) in [6.45, 7) is 3.88. The lowest BCUT2D eigenvalue weighted by molar-refractivity contribution is -0.116. The van der Waals surface area contributed by atoms with Crippen molar-refractivity contribution in [1.29, 1.82) is 0 Å². The van der Waals surface area contributed by atoms with Gasteiger partial charge in [0, 0.05) is 11.1 Å². The first-order valence-corrected chi connectivity index (χ1v) is 10.3. The van der Waals surface area contributed by atoms with Crippen molar-refractivity contribution >= 4 is 33.4 Å². The van der Waals surface area contributed by atoms with Crippen LogP contribution in [0, 0.1) is 13.8 Å². The van der Waals surface area contributed by atoms with Crippen molar-refractivity contribution in [2.45, 2.75) is 20.4 Å². The number of carbonyl (C=O) groups excluding carboxylic acids is 1. The number of carbonyl (C=O) groups is 1. The third-order valence-corrected chi connectivity index (χ3v) is 5.51. The van der Waals surface area contributed by atoms with Gasteiger partial charge in [-0.3, -0.25) is 14.2 Å². The van der Waals surface area contributed by atoms with Crippen molar-refractivity contribution in [2.75, 3.05) is 5.32 Å². The van der Waals surface area contributed by atoms with Crippen LogP contribution in [-0.2, 0) is 11.3 Å². The summed E-state index contributed by atoms with van der Waals surface area (Å²) in [6, 6.07) is 19.5. The van der Waals surface area contributed by atoms with Gasteiger partial charge < -0.3 is 5.32 Å². The molecule has 0 bridgehead atoms. The van der Waals surface area contributed by atoms with Crippen molar-refractivity contribution in [2.24, 2.45) is 0 Å². The van der Waals surface area contributed by atoms with E-state index in [2.05, 4.69) is 21.5 Å². The van der Waals surface area contributed by atoms with Gasteiger partial charge in [0.2, 0.25) is 5.91 Å².